The molecular formula is C19H21NO4S. The van der Waals surface area contributed by atoms with Gasteiger partial charge < -0.3 is 4.74 Å². The molecule has 2 aromatic rings. The standard InChI is InChI=1S/C19H21NO4S/c1-15-7-5-9-17(13-15)24-19(21)16-8-6-10-18(14-16)25(22,23)20-11-3-2-4-12-20/h5-10,13-14H,2-4,11-12H2,1H3. The van der Waals surface area contributed by atoms with E-state index in [1.165, 1.54) is 16.4 Å². The van der Waals surface area contributed by atoms with Gasteiger partial charge in [0.1, 0.15) is 5.75 Å². The van der Waals surface area contributed by atoms with E-state index in [9.17, 15) is 13.2 Å². The largest absolute Gasteiger partial charge is 0.423 e. The van der Waals surface area contributed by atoms with Gasteiger partial charge in [-0.25, -0.2) is 13.2 Å². The first-order valence-corrected chi connectivity index (χ1v) is 9.80. The minimum Gasteiger partial charge on any atom is -0.423 e. The Morgan fingerprint density at radius 1 is 1.00 bits per heavy atom. The van der Waals surface area contributed by atoms with E-state index in [1.54, 1.807) is 30.3 Å². The Balaban J connectivity index is 1.82. The van der Waals surface area contributed by atoms with Crippen LogP contribution in [0, 0.1) is 6.92 Å². The molecule has 0 bridgehead atoms. The summed E-state index contributed by atoms with van der Waals surface area (Å²) in [5.41, 5.74) is 1.20. The van der Waals surface area contributed by atoms with Crippen LogP contribution in [0.15, 0.2) is 53.4 Å². The van der Waals surface area contributed by atoms with Gasteiger partial charge in [-0.15, -0.1) is 0 Å². The first kappa shape index (κ1) is 17.6. The summed E-state index contributed by atoms with van der Waals surface area (Å²) in [6, 6.07) is 13.2. The molecule has 1 aliphatic heterocycles. The third kappa shape index (κ3) is 4.08. The van der Waals surface area contributed by atoms with E-state index in [1.807, 2.05) is 13.0 Å². The lowest BCUT2D eigenvalue weighted by atomic mass is 10.2. The maximum Gasteiger partial charge on any atom is 0.343 e. The number of nitrogens with zero attached hydrogens (tertiary/aromatic N) is 1. The lowest BCUT2D eigenvalue weighted by Gasteiger charge is -2.25. The fourth-order valence-electron chi connectivity index (χ4n) is 2.88. The van der Waals surface area contributed by atoms with Crippen molar-refractivity contribution in [1.82, 2.24) is 4.31 Å². The summed E-state index contributed by atoms with van der Waals surface area (Å²) < 4.78 is 32.3. The summed E-state index contributed by atoms with van der Waals surface area (Å²) in [4.78, 5) is 12.5. The number of hydrogen-bond acceptors (Lipinski definition) is 4. The van der Waals surface area contributed by atoms with Crippen LogP contribution in [0.1, 0.15) is 35.2 Å². The highest BCUT2D eigenvalue weighted by molar-refractivity contribution is 7.89. The number of ether oxygens (including phenoxy) is 1. The van der Waals surface area contributed by atoms with Crippen molar-refractivity contribution in [1.29, 1.82) is 0 Å². The van der Waals surface area contributed by atoms with E-state index < -0.39 is 16.0 Å². The van der Waals surface area contributed by atoms with E-state index >= 15 is 0 Å². The van der Waals surface area contributed by atoms with Crippen molar-refractivity contribution < 1.29 is 17.9 Å². The quantitative estimate of drug-likeness (QED) is 0.620. The summed E-state index contributed by atoms with van der Waals surface area (Å²) in [5.74, 6) is -0.129. The molecule has 3 rings (SSSR count). The zero-order chi connectivity index (χ0) is 17.9. The Hall–Kier alpha value is -2.18. The maximum atomic E-state index is 12.7. The average Bonchev–Trinajstić information content (AvgIpc) is 2.62. The third-order valence-corrected chi connectivity index (χ3v) is 6.12. The number of benzene rings is 2. The average molecular weight is 359 g/mol. The van der Waals surface area contributed by atoms with Crippen LogP contribution < -0.4 is 4.74 Å². The smallest absolute Gasteiger partial charge is 0.343 e. The van der Waals surface area contributed by atoms with Crippen LogP contribution >= 0.6 is 0 Å². The first-order chi connectivity index (χ1) is 12.0. The van der Waals surface area contributed by atoms with E-state index in [0.29, 0.717) is 18.8 Å². The summed E-state index contributed by atoms with van der Waals surface area (Å²) in [7, 11) is -3.57. The Kier molecular flexibility index (Phi) is 5.20. The molecule has 25 heavy (non-hydrogen) atoms. The fourth-order valence-corrected chi connectivity index (χ4v) is 4.45. The second-order valence-corrected chi connectivity index (χ2v) is 8.14. The van der Waals surface area contributed by atoms with Crippen molar-refractivity contribution >= 4 is 16.0 Å². The molecule has 0 aromatic heterocycles. The van der Waals surface area contributed by atoms with Crippen LogP contribution in [0.4, 0.5) is 0 Å². The molecule has 1 fully saturated rings. The van der Waals surface area contributed by atoms with Crippen molar-refractivity contribution in [2.45, 2.75) is 31.1 Å². The molecular weight excluding hydrogens is 338 g/mol. The monoisotopic (exact) mass is 359 g/mol. The van der Waals surface area contributed by atoms with Gasteiger partial charge in [0.05, 0.1) is 10.5 Å². The fraction of sp³-hybridized carbons (Fsp3) is 0.316. The van der Waals surface area contributed by atoms with Gasteiger partial charge in [-0.1, -0.05) is 24.6 Å². The topological polar surface area (TPSA) is 63.7 Å². The van der Waals surface area contributed by atoms with Gasteiger partial charge in [0.25, 0.3) is 0 Å². The lowest BCUT2D eigenvalue weighted by Crippen LogP contribution is -2.35. The van der Waals surface area contributed by atoms with Crippen LogP contribution in [-0.4, -0.2) is 31.8 Å². The number of carbonyl (C=O) groups excluding carboxylic acids is 1. The SMILES string of the molecule is Cc1cccc(OC(=O)c2cccc(S(=O)(=O)N3CCCCC3)c2)c1. The van der Waals surface area contributed by atoms with Crippen molar-refractivity contribution in [3.8, 4) is 5.75 Å². The van der Waals surface area contributed by atoms with Crippen LogP contribution in [0.3, 0.4) is 0 Å². The highest BCUT2D eigenvalue weighted by Gasteiger charge is 2.26. The minimum absolute atomic E-state index is 0.132. The summed E-state index contributed by atoms with van der Waals surface area (Å²) in [6.45, 7) is 2.96. The maximum absolute atomic E-state index is 12.7. The molecule has 0 aliphatic carbocycles. The van der Waals surface area contributed by atoms with Crippen molar-refractivity contribution in [3.05, 3.63) is 59.7 Å². The van der Waals surface area contributed by atoms with Crippen LogP contribution in [0.5, 0.6) is 5.75 Å². The number of aryl methyl sites for hydroxylation is 1. The molecule has 1 aliphatic rings. The molecule has 6 heteroatoms. The van der Waals surface area contributed by atoms with E-state index in [-0.39, 0.29) is 10.5 Å². The van der Waals surface area contributed by atoms with Crippen molar-refractivity contribution in [2.24, 2.45) is 0 Å². The van der Waals surface area contributed by atoms with Crippen LogP contribution in [0.25, 0.3) is 0 Å². The van der Waals surface area contributed by atoms with Gasteiger partial charge in [-0.3, -0.25) is 0 Å². The summed E-state index contributed by atoms with van der Waals surface area (Å²) in [6.07, 6.45) is 2.79. The Labute approximate surface area is 148 Å². The summed E-state index contributed by atoms with van der Waals surface area (Å²) >= 11 is 0. The molecule has 0 radical (unpaired) electrons. The van der Waals surface area contributed by atoms with Crippen molar-refractivity contribution in [3.63, 3.8) is 0 Å². The van der Waals surface area contributed by atoms with E-state index in [2.05, 4.69) is 0 Å². The number of carbonyl (C=O) groups is 1. The van der Waals surface area contributed by atoms with Crippen molar-refractivity contribution in [2.75, 3.05) is 13.1 Å². The zero-order valence-electron chi connectivity index (χ0n) is 14.1. The minimum atomic E-state index is -3.57. The van der Waals surface area contributed by atoms with Gasteiger partial charge in [0.15, 0.2) is 0 Å². The van der Waals surface area contributed by atoms with Gasteiger partial charge in [-0.05, 0) is 55.7 Å². The number of sulfonamides is 1. The summed E-state index contributed by atoms with van der Waals surface area (Å²) in [5, 5.41) is 0. The normalized spacial score (nSPS) is 15.7. The van der Waals surface area contributed by atoms with Crippen LogP contribution in [0.2, 0.25) is 0 Å². The lowest BCUT2D eigenvalue weighted by molar-refractivity contribution is 0.0734. The highest BCUT2D eigenvalue weighted by Crippen LogP contribution is 2.22. The molecule has 2 aromatic carbocycles. The molecule has 5 nitrogen and oxygen atoms in total. The van der Waals surface area contributed by atoms with Gasteiger partial charge >= 0.3 is 5.97 Å². The Bertz CT molecular complexity index is 870. The first-order valence-electron chi connectivity index (χ1n) is 8.36. The van der Waals surface area contributed by atoms with E-state index in [4.69, 9.17) is 4.74 Å². The Morgan fingerprint density at radius 2 is 1.72 bits per heavy atom. The predicted molar refractivity (Wildman–Crippen MR) is 95.2 cm³/mol. The third-order valence-electron chi connectivity index (χ3n) is 4.22. The second-order valence-electron chi connectivity index (χ2n) is 6.20. The molecule has 0 spiro atoms. The molecule has 0 amide bonds. The molecule has 0 atom stereocenters. The predicted octanol–water partition coefficient (Wildman–Crippen LogP) is 3.39. The number of hydrogen-bond donors (Lipinski definition) is 0. The number of piperidine rings is 1. The van der Waals surface area contributed by atoms with Crippen LogP contribution in [-0.2, 0) is 10.0 Å². The van der Waals surface area contributed by atoms with E-state index in [0.717, 1.165) is 24.8 Å². The molecule has 0 unspecified atom stereocenters. The Morgan fingerprint density at radius 3 is 2.44 bits per heavy atom. The molecule has 1 heterocycles. The molecule has 1 saturated heterocycles. The molecule has 0 N–H and O–H groups in total. The second kappa shape index (κ2) is 7.37. The number of esters is 1. The molecule has 132 valence electrons. The zero-order valence-corrected chi connectivity index (χ0v) is 15.0. The number of rotatable bonds is 4. The van der Waals surface area contributed by atoms with Gasteiger partial charge in [0.2, 0.25) is 10.0 Å². The van der Waals surface area contributed by atoms with Gasteiger partial charge in [-0.2, -0.15) is 4.31 Å². The highest BCUT2D eigenvalue weighted by atomic mass is 32.2. The molecule has 0 saturated carbocycles. The van der Waals surface area contributed by atoms with Gasteiger partial charge in [0, 0.05) is 13.1 Å².